The average molecular weight is 255 g/mol. The van der Waals surface area contributed by atoms with Crippen LogP contribution in [0.4, 0.5) is 0 Å². The highest BCUT2D eigenvalue weighted by Gasteiger charge is 2.45. The first-order valence-electron chi connectivity index (χ1n) is 7.52. The minimum absolute atomic E-state index is 0.0256. The Morgan fingerprint density at radius 1 is 1.33 bits per heavy atom. The fourth-order valence-corrected chi connectivity index (χ4v) is 4.10. The van der Waals surface area contributed by atoms with E-state index in [2.05, 4.69) is 19.3 Å². The highest BCUT2D eigenvalue weighted by Crippen LogP contribution is 2.40. The summed E-state index contributed by atoms with van der Waals surface area (Å²) in [6.07, 6.45) is 7.48. The van der Waals surface area contributed by atoms with E-state index in [0.29, 0.717) is 12.0 Å². The van der Waals surface area contributed by atoms with Crippen molar-refractivity contribution in [3.05, 3.63) is 0 Å². The van der Waals surface area contributed by atoms with Crippen molar-refractivity contribution in [1.82, 2.24) is 5.32 Å². The Morgan fingerprint density at radius 3 is 2.72 bits per heavy atom. The monoisotopic (exact) mass is 255 g/mol. The number of likely N-dealkylation sites (N-methyl/N-ethyl adjacent to an activating group) is 1. The lowest BCUT2D eigenvalue weighted by Crippen LogP contribution is -2.58. The molecule has 4 unspecified atom stereocenters. The van der Waals surface area contributed by atoms with Gasteiger partial charge in [0, 0.05) is 25.7 Å². The first-order chi connectivity index (χ1) is 8.72. The second kappa shape index (κ2) is 6.36. The summed E-state index contributed by atoms with van der Waals surface area (Å²) in [5.74, 6) is 1.38. The summed E-state index contributed by atoms with van der Waals surface area (Å²) in [6, 6.07) is 0.436. The van der Waals surface area contributed by atoms with Gasteiger partial charge in [-0.2, -0.15) is 0 Å². The lowest BCUT2D eigenvalue weighted by molar-refractivity contribution is -0.106. The molecule has 0 radical (unpaired) electrons. The van der Waals surface area contributed by atoms with Gasteiger partial charge in [-0.05, 0) is 38.6 Å². The molecule has 1 heterocycles. The maximum Gasteiger partial charge on any atom is 0.0836 e. The molecule has 2 rings (SSSR count). The van der Waals surface area contributed by atoms with Crippen LogP contribution in [0.25, 0.3) is 0 Å². The second-order valence-corrected chi connectivity index (χ2v) is 6.21. The summed E-state index contributed by atoms with van der Waals surface area (Å²) < 4.78 is 11.7. The summed E-state index contributed by atoms with van der Waals surface area (Å²) in [6.45, 7) is 4.19. The van der Waals surface area contributed by atoms with Gasteiger partial charge in [0.25, 0.3) is 0 Å². The van der Waals surface area contributed by atoms with Crippen LogP contribution in [0.5, 0.6) is 0 Å². The molecule has 0 bridgehead atoms. The molecule has 106 valence electrons. The molecule has 4 atom stereocenters. The molecule has 3 heteroatoms. The zero-order valence-corrected chi connectivity index (χ0v) is 12.2. The number of hydrogen-bond donors (Lipinski definition) is 1. The third kappa shape index (κ3) is 2.89. The number of nitrogens with one attached hydrogen (secondary N) is 1. The van der Waals surface area contributed by atoms with Gasteiger partial charge in [-0.15, -0.1) is 0 Å². The summed E-state index contributed by atoms with van der Waals surface area (Å²) in [5, 5.41) is 3.55. The van der Waals surface area contributed by atoms with Gasteiger partial charge >= 0.3 is 0 Å². The van der Waals surface area contributed by atoms with Crippen molar-refractivity contribution in [1.29, 1.82) is 0 Å². The number of hydrogen-bond acceptors (Lipinski definition) is 3. The largest absolute Gasteiger partial charge is 0.381 e. The molecule has 2 fully saturated rings. The van der Waals surface area contributed by atoms with Gasteiger partial charge in [0.1, 0.15) is 0 Å². The average Bonchev–Trinajstić information content (AvgIpc) is 2.41. The van der Waals surface area contributed by atoms with Gasteiger partial charge < -0.3 is 14.8 Å². The van der Waals surface area contributed by atoms with Crippen LogP contribution in [0.15, 0.2) is 0 Å². The normalized spacial score (nSPS) is 39.5. The molecule has 3 nitrogen and oxygen atoms in total. The van der Waals surface area contributed by atoms with Crippen molar-refractivity contribution in [2.24, 2.45) is 11.8 Å². The first-order valence-corrected chi connectivity index (χ1v) is 7.52. The van der Waals surface area contributed by atoms with E-state index in [0.717, 1.165) is 19.1 Å². The number of rotatable bonds is 4. The van der Waals surface area contributed by atoms with Gasteiger partial charge in [-0.25, -0.2) is 0 Å². The molecule has 1 N–H and O–H groups in total. The standard InChI is InChI=1S/C15H29NO2/c1-12-6-4-8-15(10-12,17-3)14(16-2)13-7-5-9-18-11-13/h12-14,16H,4-11H2,1-3H3. The summed E-state index contributed by atoms with van der Waals surface area (Å²) in [5.41, 5.74) is 0.0256. The molecule has 2 aliphatic rings. The van der Waals surface area contributed by atoms with E-state index in [1.807, 2.05) is 7.11 Å². The van der Waals surface area contributed by atoms with Crippen LogP contribution >= 0.6 is 0 Å². The van der Waals surface area contributed by atoms with Crippen LogP contribution in [-0.4, -0.2) is 39.0 Å². The van der Waals surface area contributed by atoms with Gasteiger partial charge in [0.15, 0.2) is 0 Å². The van der Waals surface area contributed by atoms with E-state index < -0.39 is 0 Å². The van der Waals surface area contributed by atoms with Crippen LogP contribution in [0.1, 0.15) is 45.4 Å². The van der Waals surface area contributed by atoms with Crippen LogP contribution in [0, 0.1) is 11.8 Å². The Hall–Kier alpha value is -0.120. The van der Waals surface area contributed by atoms with Crippen molar-refractivity contribution in [2.45, 2.75) is 57.1 Å². The maximum atomic E-state index is 6.04. The second-order valence-electron chi connectivity index (χ2n) is 6.21. The summed E-state index contributed by atoms with van der Waals surface area (Å²) >= 11 is 0. The Bertz CT molecular complexity index is 253. The van der Waals surface area contributed by atoms with E-state index >= 15 is 0 Å². The lowest BCUT2D eigenvalue weighted by Gasteiger charge is -2.48. The highest BCUT2D eigenvalue weighted by molar-refractivity contribution is 4.99. The third-order valence-electron chi connectivity index (χ3n) is 4.94. The van der Waals surface area contributed by atoms with E-state index in [9.17, 15) is 0 Å². The van der Waals surface area contributed by atoms with E-state index in [1.165, 1.54) is 38.5 Å². The number of ether oxygens (including phenoxy) is 2. The minimum atomic E-state index is 0.0256. The van der Waals surface area contributed by atoms with Crippen LogP contribution in [0.3, 0.4) is 0 Å². The first kappa shape index (κ1) is 14.3. The Balaban J connectivity index is 2.11. The van der Waals surface area contributed by atoms with Gasteiger partial charge in [0.2, 0.25) is 0 Å². The molecule has 0 amide bonds. The number of methoxy groups -OCH3 is 1. The predicted octanol–water partition coefficient (Wildman–Crippen LogP) is 2.60. The molecular weight excluding hydrogens is 226 g/mol. The zero-order valence-electron chi connectivity index (χ0n) is 12.2. The zero-order chi connectivity index (χ0) is 13.0. The predicted molar refractivity (Wildman–Crippen MR) is 73.8 cm³/mol. The molecule has 0 aromatic carbocycles. The molecule has 0 aromatic rings. The van der Waals surface area contributed by atoms with E-state index in [-0.39, 0.29) is 5.60 Å². The fraction of sp³-hybridized carbons (Fsp3) is 1.00. The molecule has 18 heavy (non-hydrogen) atoms. The van der Waals surface area contributed by atoms with Gasteiger partial charge in [0.05, 0.1) is 12.2 Å². The fourth-order valence-electron chi connectivity index (χ4n) is 4.10. The van der Waals surface area contributed by atoms with Crippen LogP contribution < -0.4 is 5.32 Å². The molecule has 0 spiro atoms. The Labute approximate surface area is 112 Å². The lowest BCUT2D eigenvalue weighted by atomic mass is 9.70. The van der Waals surface area contributed by atoms with Crippen molar-refractivity contribution in [3.8, 4) is 0 Å². The quantitative estimate of drug-likeness (QED) is 0.837. The summed E-state index contributed by atoms with van der Waals surface area (Å²) in [7, 11) is 3.98. The molecule has 1 saturated carbocycles. The maximum absolute atomic E-state index is 6.04. The summed E-state index contributed by atoms with van der Waals surface area (Å²) in [4.78, 5) is 0. The molecule has 1 aliphatic carbocycles. The molecule has 1 saturated heterocycles. The SMILES string of the molecule is CNC(C1CCCOC1)C1(OC)CCCC(C)C1. The smallest absolute Gasteiger partial charge is 0.0836 e. The van der Waals surface area contributed by atoms with E-state index in [1.54, 1.807) is 0 Å². The highest BCUT2D eigenvalue weighted by atomic mass is 16.5. The molecular formula is C15H29NO2. The van der Waals surface area contributed by atoms with Crippen molar-refractivity contribution >= 4 is 0 Å². The molecule has 1 aliphatic heterocycles. The van der Waals surface area contributed by atoms with Crippen LogP contribution in [-0.2, 0) is 9.47 Å². The van der Waals surface area contributed by atoms with Crippen molar-refractivity contribution < 1.29 is 9.47 Å². The van der Waals surface area contributed by atoms with Gasteiger partial charge in [-0.1, -0.05) is 19.8 Å². The minimum Gasteiger partial charge on any atom is -0.381 e. The van der Waals surface area contributed by atoms with Crippen LogP contribution in [0.2, 0.25) is 0 Å². The van der Waals surface area contributed by atoms with Crippen molar-refractivity contribution in [3.63, 3.8) is 0 Å². The Kier molecular flexibility index (Phi) is 5.05. The third-order valence-corrected chi connectivity index (χ3v) is 4.94. The topological polar surface area (TPSA) is 30.5 Å². The van der Waals surface area contributed by atoms with Gasteiger partial charge in [-0.3, -0.25) is 0 Å². The Morgan fingerprint density at radius 2 is 2.17 bits per heavy atom. The molecule has 0 aromatic heterocycles. The van der Waals surface area contributed by atoms with E-state index in [4.69, 9.17) is 9.47 Å². The van der Waals surface area contributed by atoms with Crippen molar-refractivity contribution in [2.75, 3.05) is 27.4 Å².